The molecule has 0 saturated carbocycles. The molecule has 0 aliphatic carbocycles. The Bertz CT molecular complexity index is 456. The average molecular weight is 274 g/mol. The minimum Gasteiger partial charge on any atom is -0.398 e. The minimum atomic E-state index is -4.56. The zero-order valence-electron chi connectivity index (χ0n) is 10.8. The van der Waals surface area contributed by atoms with Crippen LogP contribution in [0.25, 0.3) is 0 Å². The van der Waals surface area contributed by atoms with Crippen LogP contribution in [0.3, 0.4) is 0 Å². The fraction of sp³-hybridized carbons (Fsp3) is 0.462. The van der Waals surface area contributed by atoms with E-state index in [1.807, 2.05) is 13.8 Å². The zero-order chi connectivity index (χ0) is 14.6. The number of nitrogens with one attached hydrogen (secondary N) is 1. The van der Waals surface area contributed by atoms with Gasteiger partial charge in [-0.1, -0.05) is 19.9 Å². The maximum atomic E-state index is 12.6. The highest BCUT2D eigenvalue weighted by Crippen LogP contribution is 2.34. The first-order chi connectivity index (χ1) is 8.73. The van der Waals surface area contributed by atoms with Crippen LogP contribution in [-0.4, -0.2) is 12.5 Å². The van der Waals surface area contributed by atoms with Gasteiger partial charge < -0.3 is 11.1 Å². The summed E-state index contributed by atoms with van der Waals surface area (Å²) >= 11 is 0. The molecule has 1 aromatic rings. The maximum Gasteiger partial charge on any atom is 0.418 e. The standard InChI is InChI=1S/C13H17F3N2O/c1-8(2)6-7-18-12(19)9-4-3-5-10(11(9)17)13(14,15)16/h3-5,8H,6-7,17H2,1-2H3,(H,18,19). The van der Waals surface area contributed by atoms with E-state index < -0.39 is 23.3 Å². The molecule has 1 amide bonds. The number of benzene rings is 1. The number of para-hydroxylation sites is 1. The smallest absolute Gasteiger partial charge is 0.398 e. The monoisotopic (exact) mass is 274 g/mol. The molecule has 0 radical (unpaired) electrons. The summed E-state index contributed by atoms with van der Waals surface area (Å²) in [6.07, 6.45) is -3.80. The largest absolute Gasteiger partial charge is 0.418 e. The SMILES string of the molecule is CC(C)CCNC(=O)c1cccc(C(F)(F)F)c1N. The number of anilines is 1. The van der Waals surface area contributed by atoms with Gasteiger partial charge in [-0.15, -0.1) is 0 Å². The molecule has 0 heterocycles. The summed E-state index contributed by atoms with van der Waals surface area (Å²) in [5.74, 6) is -0.177. The molecule has 1 aromatic carbocycles. The topological polar surface area (TPSA) is 55.1 Å². The van der Waals surface area contributed by atoms with E-state index >= 15 is 0 Å². The first-order valence-corrected chi connectivity index (χ1v) is 5.97. The van der Waals surface area contributed by atoms with Crippen LogP contribution in [-0.2, 0) is 6.18 Å². The second-order valence-electron chi connectivity index (χ2n) is 4.70. The molecule has 0 bridgehead atoms. The second-order valence-corrected chi connectivity index (χ2v) is 4.70. The van der Waals surface area contributed by atoms with Crippen LogP contribution in [0.15, 0.2) is 18.2 Å². The summed E-state index contributed by atoms with van der Waals surface area (Å²) in [6.45, 7) is 4.39. The Morgan fingerprint density at radius 3 is 2.53 bits per heavy atom. The van der Waals surface area contributed by atoms with Crippen molar-refractivity contribution in [3.63, 3.8) is 0 Å². The lowest BCUT2D eigenvalue weighted by atomic mass is 10.1. The van der Waals surface area contributed by atoms with Crippen molar-refractivity contribution in [1.82, 2.24) is 5.32 Å². The molecule has 1 rings (SSSR count). The predicted octanol–water partition coefficient (Wildman–Crippen LogP) is 3.06. The predicted molar refractivity (Wildman–Crippen MR) is 67.6 cm³/mol. The summed E-state index contributed by atoms with van der Waals surface area (Å²) in [5.41, 5.74) is 3.77. The highest BCUT2D eigenvalue weighted by atomic mass is 19.4. The van der Waals surface area contributed by atoms with E-state index in [4.69, 9.17) is 5.73 Å². The number of carbonyl (C=O) groups is 1. The molecule has 6 heteroatoms. The second kappa shape index (κ2) is 5.95. The van der Waals surface area contributed by atoms with Gasteiger partial charge in [-0.05, 0) is 24.5 Å². The van der Waals surface area contributed by atoms with Gasteiger partial charge in [0.25, 0.3) is 5.91 Å². The lowest BCUT2D eigenvalue weighted by Crippen LogP contribution is -2.27. The third kappa shape index (κ3) is 4.15. The third-order valence-corrected chi connectivity index (χ3v) is 2.66. The van der Waals surface area contributed by atoms with E-state index in [1.165, 1.54) is 12.1 Å². The Labute approximate surface area is 110 Å². The van der Waals surface area contributed by atoms with Gasteiger partial charge in [0.15, 0.2) is 0 Å². The van der Waals surface area contributed by atoms with E-state index in [9.17, 15) is 18.0 Å². The quantitative estimate of drug-likeness (QED) is 0.829. The Hall–Kier alpha value is -1.72. The van der Waals surface area contributed by atoms with Crippen molar-refractivity contribution < 1.29 is 18.0 Å². The van der Waals surface area contributed by atoms with Crippen molar-refractivity contribution in [2.75, 3.05) is 12.3 Å². The van der Waals surface area contributed by atoms with Crippen LogP contribution < -0.4 is 11.1 Å². The van der Waals surface area contributed by atoms with E-state index in [0.29, 0.717) is 12.5 Å². The van der Waals surface area contributed by atoms with Crippen LogP contribution in [0.5, 0.6) is 0 Å². The number of amides is 1. The number of nitrogens with two attached hydrogens (primary N) is 1. The van der Waals surface area contributed by atoms with Crippen molar-refractivity contribution in [2.24, 2.45) is 5.92 Å². The van der Waals surface area contributed by atoms with Gasteiger partial charge in [-0.25, -0.2) is 0 Å². The molecular formula is C13H17F3N2O. The number of rotatable bonds is 4. The molecule has 106 valence electrons. The Morgan fingerprint density at radius 1 is 1.37 bits per heavy atom. The fourth-order valence-electron chi connectivity index (χ4n) is 1.58. The van der Waals surface area contributed by atoms with E-state index in [1.54, 1.807) is 0 Å². The molecule has 0 saturated heterocycles. The lowest BCUT2D eigenvalue weighted by molar-refractivity contribution is -0.136. The Kier molecular flexibility index (Phi) is 4.80. The van der Waals surface area contributed by atoms with E-state index in [-0.39, 0.29) is 5.56 Å². The molecule has 0 aromatic heterocycles. The molecule has 3 N–H and O–H groups in total. The summed E-state index contributed by atoms with van der Waals surface area (Å²) in [4.78, 5) is 11.8. The summed E-state index contributed by atoms with van der Waals surface area (Å²) in [6, 6.07) is 3.33. The zero-order valence-corrected chi connectivity index (χ0v) is 10.8. The highest BCUT2D eigenvalue weighted by Gasteiger charge is 2.34. The van der Waals surface area contributed by atoms with Gasteiger partial charge in [0.1, 0.15) is 0 Å². The van der Waals surface area contributed by atoms with E-state index in [0.717, 1.165) is 12.5 Å². The lowest BCUT2D eigenvalue weighted by Gasteiger charge is -2.13. The molecule has 0 atom stereocenters. The van der Waals surface area contributed by atoms with Crippen molar-refractivity contribution in [3.05, 3.63) is 29.3 Å². The van der Waals surface area contributed by atoms with Crippen LogP contribution in [0.1, 0.15) is 36.2 Å². The van der Waals surface area contributed by atoms with Crippen molar-refractivity contribution in [1.29, 1.82) is 0 Å². The first-order valence-electron chi connectivity index (χ1n) is 5.97. The molecule has 19 heavy (non-hydrogen) atoms. The number of halogens is 3. The van der Waals surface area contributed by atoms with Crippen molar-refractivity contribution in [2.45, 2.75) is 26.4 Å². The van der Waals surface area contributed by atoms with Gasteiger partial charge in [-0.3, -0.25) is 4.79 Å². The highest BCUT2D eigenvalue weighted by molar-refractivity contribution is 5.99. The number of nitrogen functional groups attached to an aromatic ring is 1. The molecule has 0 fully saturated rings. The maximum absolute atomic E-state index is 12.6. The molecule has 3 nitrogen and oxygen atoms in total. The van der Waals surface area contributed by atoms with Crippen LogP contribution in [0.2, 0.25) is 0 Å². The Balaban J connectivity index is 2.87. The molecule has 0 unspecified atom stereocenters. The van der Waals surface area contributed by atoms with Crippen LogP contribution in [0.4, 0.5) is 18.9 Å². The third-order valence-electron chi connectivity index (χ3n) is 2.66. The fourth-order valence-corrected chi connectivity index (χ4v) is 1.58. The molecule has 0 aliphatic heterocycles. The molecular weight excluding hydrogens is 257 g/mol. The Morgan fingerprint density at radius 2 is 2.00 bits per heavy atom. The summed E-state index contributed by atoms with van der Waals surface area (Å²) in [7, 11) is 0. The summed E-state index contributed by atoms with van der Waals surface area (Å²) < 4.78 is 37.9. The van der Waals surface area contributed by atoms with Crippen molar-refractivity contribution >= 4 is 11.6 Å². The number of alkyl halides is 3. The van der Waals surface area contributed by atoms with Crippen LogP contribution in [0, 0.1) is 5.92 Å². The molecule has 0 spiro atoms. The van der Waals surface area contributed by atoms with Gasteiger partial charge in [-0.2, -0.15) is 13.2 Å². The van der Waals surface area contributed by atoms with Gasteiger partial charge >= 0.3 is 6.18 Å². The number of hydrogen-bond acceptors (Lipinski definition) is 2. The van der Waals surface area contributed by atoms with Crippen molar-refractivity contribution in [3.8, 4) is 0 Å². The number of hydrogen-bond donors (Lipinski definition) is 2. The van der Waals surface area contributed by atoms with Gasteiger partial charge in [0.2, 0.25) is 0 Å². The first kappa shape index (κ1) is 15.3. The minimum absolute atomic E-state index is 0.140. The van der Waals surface area contributed by atoms with Gasteiger partial charge in [0, 0.05) is 6.54 Å². The average Bonchev–Trinajstić information content (AvgIpc) is 2.26. The van der Waals surface area contributed by atoms with Gasteiger partial charge in [0.05, 0.1) is 16.8 Å². The summed E-state index contributed by atoms with van der Waals surface area (Å²) in [5, 5.41) is 2.56. The normalized spacial score (nSPS) is 11.7. The van der Waals surface area contributed by atoms with Crippen LogP contribution >= 0.6 is 0 Å². The molecule has 0 aliphatic rings. The van der Waals surface area contributed by atoms with E-state index in [2.05, 4.69) is 5.32 Å². The number of carbonyl (C=O) groups excluding carboxylic acids is 1.